The van der Waals surface area contributed by atoms with Gasteiger partial charge in [0.25, 0.3) is 0 Å². The van der Waals surface area contributed by atoms with E-state index < -0.39 is 12.1 Å². The molecule has 0 aliphatic heterocycles. The van der Waals surface area contributed by atoms with E-state index in [1.165, 1.54) is 0 Å². The van der Waals surface area contributed by atoms with Crippen LogP contribution in [0, 0.1) is 0 Å². The van der Waals surface area contributed by atoms with Crippen LogP contribution >= 0.6 is 0 Å². The molecular formula is C15H21N3O3. The van der Waals surface area contributed by atoms with Crippen molar-refractivity contribution >= 4 is 11.8 Å². The number of benzene rings is 1. The van der Waals surface area contributed by atoms with Crippen LogP contribution in [0.25, 0.3) is 0 Å². The lowest BCUT2D eigenvalue weighted by Crippen LogP contribution is -2.51. The van der Waals surface area contributed by atoms with E-state index in [4.69, 9.17) is 5.73 Å². The molecule has 1 aliphatic carbocycles. The predicted molar refractivity (Wildman–Crippen MR) is 78.6 cm³/mol. The minimum Gasteiger partial charge on any atom is -0.508 e. The van der Waals surface area contributed by atoms with Gasteiger partial charge < -0.3 is 21.5 Å². The zero-order valence-corrected chi connectivity index (χ0v) is 12.0. The lowest BCUT2D eigenvalue weighted by Gasteiger charge is -2.17. The fourth-order valence-electron chi connectivity index (χ4n) is 1.92. The summed E-state index contributed by atoms with van der Waals surface area (Å²) in [5, 5.41) is 14.7. The first-order chi connectivity index (χ1) is 9.95. The van der Waals surface area contributed by atoms with Gasteiger partial charge in [-0.15, -0.1) is 0 Å². The third kappa shape index (κ3) is 4.75. The number of rotatable bonds is 6. The number of aromatic hydroxyl groups is 1. The highest BCUT2D eigenvalue weighted by Gasteiger charge is 2.27. The van der Waals surface area contributed by atoms with Gasteiger partial charge in [-0.25, -0.2) is 0 Å². The fraction of sp³-hybridized carbons (Fsp3) is 0.467. The highest BCUT2D eigenvalue weighted by atomic mass is 16.3. The monoisotopic (exact) mass is 291 g/mol. The summed E-state index contributed by atoms with van der Waals surface area (Å²) in [4.78, 5) is 23.7. The Morgan fingerprint density at radius 1 is 1.29 bits per heavy atom. The predicted octanol–water partition coefficient (Wildman–Crippen LogP) is 0.0453. The van der Waals surface area contributed by atoms with Crippen molar-refractivity contribution in [2.75, 3.05) is 0 Å². The molecule has 6 heteroatoms. The van der Waals surface area contributed by atoms with Crippen molar-refractivity contribution in [3.05, 3.63) is 29.8 Å². The van der Waals surface area contributed by atoms with Gasteiger partial charge >= 0.3 is 0 Å². The molecular weight excluding hydrogens is 270 g/mol. The average Bonchev–Trinajstić information content (AvgIpc) is 3.25. The van der Waals surface area contributed by atoms with Crippen molar-refractivity contribution in [2.45, 2.75) is 44.3 Å². The molecule has 1 saturated carbocycles. The maximum atomic E-state index is 12.0. The zero-order valence-electron chi connectivity index (χ0n) is 12.0. The molecule has 0 saturated heterocycles. The Kier molecular flexibility index (Phi) is 4.80. The van der Waals surface area contributed by atoms with Crippen molar-refractivity contribution < 1.29 is 14.7 Å². The first-order valence-electron chi connectivity index (χ1n) is 7.10. The van der Waals surface area contributed by atoms with Crippen molar-refractivity contribution in [1.29, 1.82) is 0 Å². The van der Waals surface area contributed by atoms with Gasteiger partial charge in [0.1, 0.15) is 11.8 Å². The van der Waals surface area contributed by atoms with Crippen LogP contribution in [0.1, 0.15) is 25.3 Å². The van der Waals surface area contributed by atoms with Gasteiger partial charge in [-0.05, 0) is 43.9 Å². The van der Waals surface area contributed by atoms with Gasteiger partial charge in [-0.1, -0.05) is 12.1 Å². The quantitative estimate of drug-likeness (QED) is 0.594. The normalized spacial score (nSPS) is 16.9. The van der Waals surface area contributed by atoms with Crippen molar-refractivity contribution in [1.82, 2.24) is 10.6 Å². The van der Waals surface area contributed by atoms with Gasteiger partial charge in [0.15, 0.2) is 0 Å². The van der Waals surface area contributed by atoms with Gasteiger partial charge in [-0.2, -0.15) is 0 Å². The van der Waals surface area contributed by atoms with Crippen LogP contribution in [0.5, 0.6) is 5.75 Å². The Morgan fingerprint density at radius 2 is 1.90 bits per heavy atom. The van der Waals surface area contributed by atoms with Crippen LogP contribution in [0.3, 0.4) is 0 Å². The molecule has 5 N–H and O–H groups in total. The van der Waals surface area contributed by atoms with Crippen molar-refractivity contribution in [2.24, 2.45) is 5.73 Å². The summed E-state index contributed by atoms with van der Waals surface area (Å²) in [6, 6.07) is 5.46. The Balaban J connectivity index is 1.80. The van der Waals surface area contributed by atoms with E-state index in [-0.39, 0.29) is 23.6 Å². The van der Waals surface area contributed by atoms with E-state index in [0.29, 0.717) is 6.42 Å². The molecule has 1 aromatic carbocycles. The summed E-state index contributed by atoms with van der Waals surface area (Å²) < 4.78 is 0. The van der Waals surface area contributed by atoms with E-state index in [1.54, 1.807) is 31.2 Å². The molecule has 2 rings (SSSR count). The molecule has 0 bridgehead atoms. The molecule has 1 fully saturated rings. The Hall–Kier alpha value is -2.08. The number of nitrogens with two attached hydrogens (primary N) is 1. The van der Waals surface area contributed by atoms with Crippen LogP contribution in [0.4, 0.5) is 0 Å². The maximum Gasteiger partial charge on any atom is 0.242 e. The van der Waals surface area contributed by atoms with Crippen molar-refractivity contribution in [3.63, 3.8) is 0 Å². The van der Waals surface area contributed by atoms with Crippen molar-refractivity contribution in [3.8, 4) is 5.75 Å². The molecule has 0 heterocycles. The molecule has 6 nitrogen and oxygen atoms in total. The highest BCUT2D eigenvalue weighted by Crippen LogP contribution is 2.18. The summed E-state index contributed by atoms with van der Waals surface area (Å²) in [6.07, 6.45) is 2.36. The van der Waals surface area contributed by atoms with E-state index in [2.05, 4.69) is 10.6 Å². The number of hydrogen-bond donors (Lipinski definition) is 4. The number of carbonyl (C=O) groups is 2. The first kappa shape index (κ1) is 15.3. The molecule has 114 valence electrons. The second kappa shape index (κ2) is 6.58. The molecule has 1 unspecified atom stereocenters. The Morgan fingerprint density at radius 3 is 2.48 bits per heavy atom. The molecule has 1 aliphatic rings. The molecule has 2 atom stereocenters. The number of hydrogen-bond acceptors (Lipinski definition) is 4. The maximum absolute atomic E-state index is 12.0. The van der Waals surface area contributed by atoms with Crippen LogP contribution in [-0.2, 0) is 16.0 Å². The standard InChI is InChI=1S/C15H21N3O3/c1-9(14(20)18-11-4-5-11)17-15(21)13(16)8-10-2-6-12(19)7-3-10/h2-3,6-7,9,11,13,19H,4-5,8,16H2,1H3,(H,17,21)(H,18,20)/t9?,13-/m0/s1. The molecule has 1 aromatic rings. The molecule has 2 amide bonds. The molecule has 21 heavy (non-hydrogen) atoms. The van der Waals surface area contributed by atoms with Gasteiger partial charge in [0.05, 0.1) is 6.04 Å². The fourth-order valence-corrected chi connectivity index (χ4v) is 1.92. The highest BCUT2D eigenvalue weighted by molar-refractivity contribution is 5.89. The second-order valence-corrected chi connectivity index (χ2v) is 5.49. The second-order valence-electron chi connectivity index (χ2n) is 5.49. The summed E-state index contributed by atoms with van der Waals surface area (Å²) in [6.45, 7) is 1.64. The van der Waals surface area contributed by atoms with Gasteiger partial charge in [-0.3, -0.25) is 9.59 Å². The van der Waals surface area contributed by atoms with E-state index >= 15 is 0 Å². The topological polar surface area (TPSA) is 104 Å². The van der Waals surface area contributed by atoms with Crippen LogP contribution in [-0.4, -0.2) is 35.0 Å². The minimum atomic E-state index is -0.731. The average molecular weight is 291 g/mol. The molecule has 0 aromatic heterocycles. The third-order valence-electron chi connectivity index (χ3n) is 3.40. The minimum absolute atomic E-state index is 0.169. The SMILES string of the molecule is CC(NC(=O)[C@@H](N)Cc1ccc(O)cc1)C(=O)NC1CC1. The zero-order chi connectivity index (χ0) is 15.4. The number of phenolic OH excluding ortho intramolecular Hbond substituents is 1. The Labute approximate surface area is 123 Å². The van der Waals surface area contributed by atoms with Crippen LogP contribution in [0.2, 0.25) is 0 Å². The van der Waals surface area contributed by atoms with E-state index in [0.717, 1.165) is 18.4 Å². The lowest BCUT2D eigenvalue weighted by molar-refractivity contribution is -0.129. The summed E-state index contributed by atoms with van der Waals surface area (Å²) in [5.41, 5.74) is 6.70. The Bertz CT molecular complexity index is 511. The van der Waals surface area contributed by atoms with E-state index in [1.807, 2.05) is 0 Å². The smallest absolute Gasteiger partial charge is 0.242 e. The molecule has 0 radical (unpaired) electrons. The lowest BCUT2D eigenvalue weighted by atomic mass is 10.1. The summed E-state index contributed by atoms with van der Waals surface area (Å²) in [5.74, 6) is -0.369. The molecule has 0 spiro atoms. The largest absolute Gasteiger partial charge is 0.508 e. The first-order valence-corrected chi connectivity index (χ1v) is 7.10. The summed E-state index contributed by atoms with van der Waals surface area (Å²) in [7, 11) is 0. The van der Waals surface area contributed by atoms with Crippen LogP contribution < -0.4 is 16.4 Å². The number of nitrogens with one attached hydrogen (secondary N) is 2. The number of phenols is 1. The van der Waals surface area contributed by atoms with Crippen LogP contribution in [0.15, 0.2) is 24.3 Å². The third-order valence-corrected chi connectivity index (χ3v) is 3.40. The van der Waals surface area contributed by atoms with Gasteiger partial charge in [0.2, 0.25) is 11.8 Å². The van der Waals surface area contributed by atoms with E-state index in [9.17, 15) is 14.7 Å². The summed E-state index contributed by atoms with van der Waals surface area (Å²) >= 11 is 0. The number of amides is 2. The van der Waals surface area contributed by atoms with Gasteiger partial charge in [0, 0.05) is 6.04 Å². The number of carbonyl (C=O) groups excluding carboxylic acids is 2.